The Morgan fingerprint density at radius 1 is 1.17 bits per heavy atom. The first-order chi connectivity index (χ1) is 11.4. The van der Waals surface area contributed by atoms with E-state index in [0.717, 1.165) is 5.56 Å². The summed E-state index contributed by atoms with van der Waals surface area (Å²) in [7, 11) is 0. The molecule has 2 unspecified atom stereocenters. The number of aliphatic hydroxyl groups excluding tert-OH is 1. The molecule has 1 aromatic heterocycles. The van der Waals surface area contributed by atoms with Crippen LogP contribution in [0.25, 0.3) is 0 Å². The number of nitrogens with zero attached hydrogens (tertiary/aromatic N) is 2. The van der Waals surface area contributed by atoms with E-state index in [2.05, 4.69) is 29.0 Å². The Balaban J connectivity index is 1.88. The van der Waals surface area contributed by atoms with E-state index in [0.29, 0.717) is 18.2 Å². The van der Waals surface area contributed by atoms with Crippen molar-refractivity contribution < 1.29 is 18.6 Å². The minimum Gasteiger partial charge on any atom is -0.435 e. The van der Waals surface area contributed by atoms with Gasteiger partial charge in [0.05, 0.1) is 12.3 Å². The van der Waals surface area contributed by atoms with Crippen LogP contribution in [0.3, 0.4) is 0 Å². The van der Waals surface area contributed by atoms with E-state index in [1.54, 1.807) is 18.3 Å². The monoisotopic (exact) mass is 339 g/mol. The Labute approximate surface area is 140 Å². The van der Waals surface area contributed by atoms with Crippen LogP contribution in [0.1, 0.15) is 50.1 Å². The van der Waals surface area contributed by atoms with E-state index in [4.69, 9.17) is 0 Å². The van der Waals surface area contributed by atoms with Gasteiger partial charge in [0.15, 0.2) is 0 Å². The largest absolute Gasteiger partial charge is 0.435 e. The zero-order chi connectivity index (χ0) is 17.7. The average molecular weight is 339 g/mol. The molecule has 2 rings (SSSR count). The van der Waals surface area contributed by atoms with Crippen molar-refractivity contribution in [3.05, 3.63) is 47.8 Å². The number of hydrogen-bond donors (Lipinski definition) is 2. The molecule has 132 valence electrons. The van der Waals surface area contributed by atoms with Crippen LogP contribution >= 0.6 is 0 Å². The summed E-state index contributed by atoms with van der Waals surface area (Å²) in [5.41, 5.74) is 1.67. The third-order valence-corrected chi connectivity index (χ3v) is 3.76. The van der Waals surface area contributed by atoms with E-state index < -0.39 is 12.7 Å². The lowest BCUT2D eigenvalue weighted by molar-refractivity contribution is -0.0498. The van der Waals surface area contributed by atoms with Crippen molar-refractivity contribution in [2.45, 2.75) is 45.6 Å². The number of benzene rings is 1. The number of hydrogen-bond acceptors (Lipinski definition) is 4. The first kappa shape index (κ1) is 18.4. The topological polar surface area (TPSA) is 59.3 Å². The molecule has 1 heterocycles. The maximum absolute atomic E-state index is 12.1. The molecule has 0 aliphatic carbocycles. The number of rotatable bonds is 8. The Kier molecular flexibility index (Phi) is 6.28. The molecule has 0 bridgehead atoms. The van der Waals surface area contributed by atoms with Gasteiger partial charge in [0, 0.05) is 30.4 Å². The fourth-order valence-corrected chi connectivity index (χ4v) is 2.25. The molecule has 7 heteroatoms. The molecule has 0 aliphatic heterocycles. The number of halogens is 2. The molecule has 2 atom stereocenters. The number of alkyl halides is 2. The number of aliphatic hydroxyl groups is 1. The van der Waals surface area contributed by atoms with Crippen molar-refractivity contribution in [1.29, 1.82) is 0 Å². The highest BCUT2D eigenvalue weighted by atomic mass is 19.3. The predicted molar refractivity (Wildman–Crippen MR) is 87.1 cm³/mol. The van der Waals surface area contributed by atoms with E-state index in [9.17, 15) is 13.9 Å². The van der Waals surface area contributed by atoms with Gasteiger partial charge in [-0.2, -0.15) is 13.9 Å². The predicted octanol–water partition coefficient (Wildman–Crippen LogP) is 3.45. The van der Waals surface area contributed by atoms with Crippen molar-refractivity contribution >= 4 is 0 Å². The fraction of sp³-hybridized carbons (Fsp3) is 0.471. The number of ether oxygens (including phenoxy) is 1. The molecule has 0 fully saturated rings. The van der Waals surface area contributed by atoms with Crippen LogP contribution in [-0.2, 0) is 0 Å². The molecule has 0 amide bonds. The molecular weight excluding hydrogens is 316 g/mol. The molecular formula is C17H23F2N3O2. The zero-order valence-electron chi connectivity index (χ0n) is 14.0. The minimum atomic E-state index is -2.85. The van der Waals surface area contributed by atoms with Crippen molar-refractivity contribution in [3.63, 3.8) is 0 Å². The first-order valence-electron chi connectivity index (χ1n) is 7.87. The summed E-state index contributed by atoms with van der Waals surface area (Å²) in [4.78, 5) is 0. The molecule has 5 nitrogen and oxygen atoms in total. The quantitative estimate of drug-likeness (QED) is 0.773. The molecule has 0 aliphatic rings. The summed E-state index contributed by atoms with van der Waals surface area (Å²) >= 11 is 0. The van der Waals surface area contributed by atoms with Gasteiger partial charge in [-0.15, -0.1) is 0 Å². The van der Waals surface area contributed by atoms with Crippen LogP contribution in [-0.4, -0.2) is 28.0 Å². The minimum absolute atomic E-state index is 0.0357. The van der Waals surface area contributed by atoms with Gasteiger partial charge in [0.25, 0.3) is 0 Å². The zero-order valence-corrected chi connectivity index (χ0v) is 14.0. The van der Waals surface area contributed by atoms with Gasteiger partial charge in [-0.25, -0.2) is 0 Å². The molecule has 2 aromatic rings. The Morgan fingerprint density at radius 3 is 2.38 bits per heavy atom. The van der Waals surface area contributed by atoms with E-state index in [-0.39, 0.29) is 11.8 Å². The van der Waals surface area contributed by atoms with Crippen molar-refractivity contribution in [3.8, 4) is 5.75 Å². The lowest BCUT2D eigenvalue weighted by Crippen LogP contribution is -2.24. The summed E-state index contributed by atoms with van der Waals surface area (Å²) in [6, 6.07) is 6.32. The highest BCUT2D eigenvalue weighted by molar-refractivity contribution is 5.28. The van der Waals surface area contributed by atoms with Gasteiger partial charge in [-0.05, 0) is 38.5 Å². The maximum atomic E-state index is 12.1. The van der Waals surface area contributed by atoms with E-state index in [1.807, 2.05) is 17.8 Å². The Bertz CT molecular complexity index is 629. The SMILES string of the molecule is CC(NCC(O)c1ccc(OC(F)F)cc1)c1cnn(C(C)C)c1. The second-order valence-electron chi connectivity index (χ2n) is 5.94. The molecule has 0 saturated carbocycles. The van der Waals surface area contributed by atoms with Crippen LogP contribution in [0.5, 0.6) is 5.75 Å². The van der Waals surface area contributed by atoms with Crippen molar-refractivity contribution in [2.24, 2.45) is 0 Å². The van der Waals surface area contributed by atoms with Crippen LogP contribution in [0.2, 0.25) is 0 Å². The van der Waals surface area contributed by atoms with Gasteiger partial charge in [0.1, 0.15) is 5.75 Å². The molecule has 0 saturated heterocycles. The van der Waals surface area contributed by atoms with E-state index in [1.165, 1.54) is 12.1 Å². The van der Waals surface area contributed by atoms with Crippen LogP contribution < -0.4 is 10.1 Å². The standard InChI is InChI=1S/C17H23F2N3O2/c1-11(2)22-10-14(8-21-22)12(3)20-9-16(23)13-4-6-15(7-5-13)24-17(18)19/h4-8,10-12,16-17,20,23H,9H2,1-3H3. The van der Waals surface area contributed by atoms with Crippen molar-refractivity contribution in [2.75, 3.05) is 6.54 Å². The molecule has 0 radical (unpaired) electrons. The lowest BCUT2D eigenvalue weighted by atomic mass is 10.1. The second kappa shape index (κ2) is 8.21. The van der Waals surface area contributed by atoms with Gasteiger partial charge in [0.2, 0.25) is 0 Å². The van der Waals surface area contributed by atoms with Gasteiger partial charge in [-0.3, -0.25) is 4.68 Å². The summed E-state index contributed by atoms with van der Waals surface area (Å²) in [5, 5.41) is 17.7. The normalized spacial score (nSPS) is 14.2. The van der Waals surface area contributed by atoms with Crippen LogP contribution in [0.4, 0.5) is 8.78 Å². The second-order valence-corrected chi connectivity index (χ2v) is 5.94. The first-order valence-corrected chi connectivity index (χ1v) is 7.87. The maximum Gasteiger partial charge on any atom is 0.387 e. The average Bonchev–Trinajstić information content (AvgIpc) is 3.02. The molecule has 2 N–H and O–H groups in total. The fourth-order valence-electron chi connectivity index (χ4n) is 2.25. The third kappa shape index (κ3) is 5.01. The summed E-state index contributed by atoms with van der Waals surface area (Å²) in [6.45, 7) is 3.59. The highest BCUT2D eigenvalue weighted by Gasteiger charge is 2.13. The van der Waals surface area contributed by atoms with Crippen LogP contribution in [0, 0.1) is 0 Å². The van der Waals surface area contributed by atoms with Crippen molar-refractivity contribution in [1.82, 2.24) is 15.1 Å². The highest BCUT2D eigenvalue weighted by Crippen LogP contribution is 2.20. The molecule has 0 spiro atoms. The lowest BCUT2D eigenvalue weighted by Gasteiger charge is -2.17. The van der Waals surface area contributed by atoms with Gasteiger partial charge >= 0.3 is 6.61 Å². The Morgan fingerprint density at radius 2 is 1.83 bits per heavy atom. The Hall–Kier alpha value is -1.99. The summed E-state index contributed by atoms with van der Waals surface area (Å²) in [5.74, 6) is 0.0726. The van der Waals surface area contributed by atoms with E-state index >= 15 is 0 Å². The van der Waals surface area contributed by atoms with Gasteiger partial charge < -0.3 is 15.2 Å². The number of aromatic nitrogens is 2. The van der Waals surface area contributed by atoms with Gasteiger partial charge in [-0.1, -0.05) is 12.1 Å². The summed E-state index contributed by atoms with van der Waals surface area (Å²) in [6.07, 6.45) is 3.04. The summed E-state index contributed by atoms with van der Waals surface area (Å²) < 4.78 is 30.4. The smallest absolute Gasteiger partial charge is 0.387 e. The molecule has 24 heavy (non-hydrogen) atoms. The number of nitrogens with one attached hydrogen (secondary N) is 1. The third-order valence-electron chi connectivity index (χ3n) is 3.76. The van der Waals surface area contributed by atoms with Crippen LogP contribution in [0.15, 0.2) is 36.7 Å². The molecule has 1 aromatic carbocycles.